The molecule has 0 aliphatic rings. The highest BCUT2D eigenvalue weighted by atomic mass is 16.6. The van der Waals surface area contributed by atoms with Crippen LogP contribution in [0.3, 0.4) is 0 Å². The Kier molecular flexibility index (Phi) is 5.08. The molecule has 0 spiro atoms. The van der Waals surface area contributed by atoms with Gasteiger partial charge in [-0.1, -0.05) is 6.92 Å². The molecule has 0 aliphatic heterocycles. The lowest BCUT2D eigenvalue weighted by Gasteiger charge is -2.12. The molecule has 1 aromatic rings. The summed E-state index contributed by atoms with van der Waals surface area (Å²) < 4.78 is 5.40. The van der Waals surface area contributed by atoms with E-state index in [9.17, 15) is 10.1 Å². The Balaban J connectivity index is 3.00. The molecule has 1 unspecified atom stereocenters. The van der Waals surface area contributed by atoms with Gasteiger partial charge in [-0.05, 0) is 19.5 Å². The minimum absolute atomic E-state index is 0.0138. The molecule has 0 aliphatic carbocycles. The lowest BCUT2D eigenvalue weighted by atomic mass is 10.1. The Labute approximate surface area is 105 Å². The highest BCUT2D eigenvalue weighted by Gasteiger charge is 2.13. The van der Waals surface area contributed by atoms with Crippen molar-refractivity contribution < 1.29 is 9.66 Å². The van der Waals surface area contributed by atoms with Gasteiger partial charge < -0.3 is 10.1 Å². The smallest absolute Gasteiger partial charge is 0.270 e. The second-order valence-electron chi connectivity index (χ2n) is 3.72. The Bertz CT molecular complexity index is 468. The number of nitro groups is 1. The summed E-state index contributed by atoms with van der Waals surface area (Å²) in [5, 5.41) is 22.5. The Morgan fingerprint density at radius 2 is 2.33 bits per heavy atom. The monoisotopic (exact) mass is 249 g/mol. The van der Waals surface area contributed by atoms with E-state index in [1.165, 1.54) is 18.2 Å². The zero-order valence-corrected chi connectivity index (χ0v) is 10.3. The van der Waals surface area contributed by atoms with Gasteiger partial charge in [0.1, 0.15) is 11.8 Å². The van der Waals surface area contributed by atoms with Crippen LogP contribution in [-0.2, 0) is 6.54 Å². The highest BCUT2D eigenvalue weighted by Crippen LogP contribution is 2.25. The third-order valence-corrected chi connectivity index (χ3v) is 2.31. The maximum Gasteiger partial charge on any atom is 0.270 e. The third kappa shape index (κ3) is 3.71. The molecular weight excluding hydrogens is 234 g/mol. The number of benzene rings is 1. The van der Waals surface area contributed by atoms with E-state index < -0.39 is 11.0 Å². The summed E-state index contributed by atoms with van der Waals surface area (Å²) in [5.41, 5.74) is 0.688. The van der Waals surface area contributed by atoms with Gasteiger partial charge in [0, 0.05) is 24.2 Å². The molecule has 0 amide bonds. The molecule has 0 saturated heterocycles. The van der Waals surface area contributed by atoms with Crippen molar-refractivity contribution in [2.45, 2.75) is 26.5 Å². The first-order valence-corrected chi connectivity index (χ1v) is 5.62. The van der Waals surface area contributed by atoms with E-state index in [0.717, 1.165) is 6.54 Å². The van der Waals surface area contributed by atoms with Crippen LogP contribution in [0.4, 0.5) is 5.69 Å². The van der Waals surface area contributed by atoms with Gasteiger partial charge >= 0.3 is 0 Å². The molecule has 1 aromatic carbocycles. The van der Waals surface area contributed by atoms with E-state index in [4.69, 9.17) is 10.00 Å². The first kappa shape index (κ1) is 13.9. The molecule has 1 N–H and O–H groups in total. The zero-order valence-electron chi connectivity index (χ0n) is 10.3. The first-order chi connectivity index (χ1) is 8.58. The summed E-state index contributed by atoms with van der Waals surface area (Å²) in [7, 11) is 0. The van der Waals surface area contributed by atoms with Crippen LogP contribution < -0.4 is 10.1 Å². The van der Waals surface area contributed by atoms with Crippen molar-refractivity contribution in [3.05, 3.63) is 33.9 Å². The van der Waals surface area contributed by atoms with Gasteiger partial charge in [-0.3, -0.25) is 10.1 Å². The van der Waals surface area contributed by atoms with Crippen LogP contribution in [0.1, 0.15) is 19.4 Å². The van der Waals surface area contributed by atoms with Gasteiger partial charge in [-0.15, -0.1) is 0 Å². The maximum atomic E-state index is 10.7. The molecular formula is C12H15N3O3. The summed E-state index contributed by atoms with van der Waals surface area (Å²) in [6.07, 6.45) is -0.591. The number of rotatable bonds is 6. The van der Waals surface area contributed by atoms with Crippen molar-refractivity contribution in [1.29, 1.82) is 5.26 Å². The van der Waals surface area contributed by atoms with E-state index in [1.807, 2.05) is 13.0 Å². The van der Waals surface area contributed by atoms with Crippen molar-refractivity contribution >= 4 is 5.69 Å². The number of nitrogens with one attached hydrogen (secondary N) is 1. The number of non-ortho nitro benzene ring substituents is 1. The fraction of sp³-hybridized carbons (Fsp3) is 0.417. The van der Waals surface area contributed by atoms with Crippen molar-refractivity contribution in [2.24, 2.45) is 0 Å². The second kappa shape index (κ2) is 6.57. The van der Waals surface area contributed by atoms with Crippen LogP contribution >= 0.6 is 0 Å². The average molecular weight is 249 g/mol. The highest BCUT2D eigenvalue weighted by molar-refractivity contribution is 5.44. The third-order valence-electron chi connectivity index (χ3n) is 2.31. The Morgan fingerprint density at radius 3 is 2.89 bits per heavy atom. The summed E-state index contributed by atoms with van der Waals surface area (Å²) in [4.78, 5) is 10.3. The molecule has 96 valence electrons. The van der Waals surface area contributed by atoms with Crippen LogP contribution in [0, 0.1) is 21.4 Å². The molecule has 1 atom stereocenters. The van der Waals surface area contributed by atoms with Gasteiger partial charge in [0.15, 0.2) is 6.10 Å². The van der Waals surface area contributed by atoms with Gasteiger partial charge in [0.2, 0.25) is 0 Å². The molecule has 6 nitrogen and oxygen atoms in total. The van der Waals surface area contributed by atoms with Crippen LogP contribution in [0.2, 0.25) is 0 Å². The number of hydrogen-bond donors (Lipinski definition) is 1. The molecule has 0 aromatic heterocycles. The number of hydrogen-bond acceptors (Lipinski definition) is 5. The van der Waals surface area contributed by atoms with Crippen LogP contribution in [0.15, 0.2) is 18.2 Å². The van der Waals surface area contributed by atoms with Gasteiger partial charge in [-0.2, -0.15) is 5.26 Å². The van der Waals surface area contributed by atoms with Crippen molar-refractivity contribution in [3.63, 3.8) is 0 Å². The predicted octanol–water partition coefficient (Wildman–Crippen LogP) is 2.00. The van der Waals surface area contributed by atoms with E-state index in [2.05, 4.69) is 5.32 Å². The molecule has 6 heteroatoms. The quantitative estimate of drug-likeness (QED) is 0.615. The predicted molar refractivity (Wildman–Crippen MR) is 66.2 cm³/mol. The zero-order chi connectivity index (χ0) is 13.5. The lowest BCUT2D eigenvalue weighted by Crippen LogP contribution is -2.15. The normalized spacial score (nSPS) is 11.6. The Morgan fingerprint density at radius 1 is 1.61 bits per heavy atom. The number of nitro benzene ring substituents is 1. The van der Waals surface area contributed by atoms with Gasteiger partial charge in [0.05, 0.1) is 4.92 Å². The summed E-state index contributed by atoms with van der Waals surface area (Å²) >= 11 is 0. The lowest BCUT2D eigenvalue weighted by molar-refractivity contribution is -0.384. The molecule has 0 fully saturated rings. The summed E-state index contributed by atoms with van der Waals surface area (Å²) in [5.74, 6) is 0.496. The molecule has 0 saturated carbocycles. The second-order valence-corrected chi connectivity index (χ2v) is 3.72. The maximum absolute atomic E-state index is 10.7. The molecule has 1 rings (SSSR count). The van der Waals surface area contributed by atoms with Gasteiger partial charge in [-0.25, -0.2) is 0 Å². The van der Waals surface area contributed by atoms with Crippen LogP contribution in [-0.4, -0.2) is 17.6 Å². The van der Waals surface area contributed by atoms with E-state index in [0.29, 0.717) is 17.9 Å². The SMILES string of the molecule is CCNCc1cc([N+](=O)[O-])ccc1OC(C)C#N. The summed E-state index contributed by atoms with van der Waals surface area (Å²) in [6, 6.07) is 6.31. The van der Waals surface area contributed by atoms with Gasteiger partial charge in [0.25, 0.3) is 5.69 Å². The minimum Gasteiger partial charge on any atom is -0.476 e. The van der Waals surface area contributed by atoms with E-state index in [-0.39, 0.29) is 5.69 Å². The summed E-state index contributed by atoms with van der Waals surface area (Å²) in [6.45, 7) is 4.77. The van der Waals surface area contributed by atoms with Crippen molar-refractivity contribution in [2.75, 3.05) is 6.54 Å². The van der Waals surface area contributed by atoms with Crippen molar-refractivity contribution in [3.8, 4) is 11.8 Å². The minimum atomic E-state index is -0.591. The molecule has 0 heterocycles. The standard InChI is InChI=1S/C12H15N3O3/c1-3-14-8-10-6-11(15(16)17)4-5-12(10)18-9(2)7-13/h4-6,9,14H,3,8H2,1-2H3. The Hall–Kier alpha value is -2.13. The number of nitrogens with zero attached hydrogens (tertiary/aromatic N) is 2. The van der Waals surface area contributed by atoms with Crippen LogP contribution in [0.25, 0.3) is 0 Å². The fourth-order valence-electron chi connectivity index (χ4n) is 1.41. The molecule has 0 bridgehead atoms. The first-order valence-electron chi connectivity index (χ1n) is 5.62. The largest absolute Gasteiger partial charge is 0.476 e. The van der Waals surface area contributed by atoms with E-state index in [1.54, 1.807) is 6.92 Å². The average Bonchev–Trinajstić information content (AvgIpc) is 2.37. The molecule has 18 heavy (non-hydrogen) atoms. The topological polar surface area (TPSA) is 88.2 Å². The van der Waals surface area contributed by atoms with Crippen LogP contribution in [0.5, 0.6) is 5.75 Å². The van der Waals surface area contributed by atoms with Crippen molar-refractivity contribution in [1.82, 2.24) is 5.32 Å². The number of nitriles is 1. The fourth-order valence-corrected chi connectivity index (χ4v) is 1.41. The number of ether oxygens (including phenoxy) is 1. The molecule has 0 radical (unpaired) electrons. The van der Waals surface area contributed by atoms with E-state index >= 15 is 0 Å².